The van der Waals surface area contributed by atoms with Crippen molar-refractivity contribution in [3.05, 3.63) is 35.4 Å². The topological polar surface area (TPSA) is 63.4 Å². The zero-order valence-corrected chi connectivity index (χ0v) is 11.9. The van der Waals surface area contributed by atoms with E-state index in [0.717, 1.165) is 11.1 Å². The minimum absolute atomic E-state index is 0. The van der Waals surface area contributed by atoms with Crippen LogP contribution in [0.5, 0.6) is 0 Å². The van der Waals surface area contributed by atoms with Crippen molar-refractivity contribution in [2.24, 2.45) is 17.6 Å². The number of nitrogens with zero attached hydrogens (tertiary/aromatic N) is 1. The Morgan fingerprint density at radius 1 is 1.37 bits per heavy atom. The van der Waals surface area contributed by atoms with Crippen LogP contribution in [0.2, 0.25) is 0 Å². The van der Waals surface area contributed by atoms with Crippen LogP contribution in [0.1, 0.15) is 18.1 Å². The second kappa shape index (κ2) is 6.06. The number of nitrogens with two attached hydrogens (primary N) is 1. The quantitative estimate of drug-likeness (QED) is 0.890. The van der Waals surface area contributed by atoms with Crippen molar-refractivity contribution in [3.63, 3.8) is 0 Å². The molecular formula is C14H19ClN2O2. The molecule has 0 aromatic heterocycles. The predicted molar refractivity (Wildman–Crippen MR) is 75.7 cm³/mol. The van der Waals surface area contributed by atoms with Crippen molar-refractivity contribution < 1.29 is 9.59 Å². The summed E-state index contributed by atoms with van der Waals surface area (Å²) in [6.45, 7) is 2.32. The first kappa shape index (κ1) is 15.5. The summed E-state index contributed by atoms with van der Waals surface area (Å²) in [6.07, 6.45) is 0.587. The van der Waals surface area contributed by atoms with E-state index in [4.69, 9.17) is 5.73 Å². The summed E-state index contributed by atoms with van der Waals surface area (Å²) in [6, 6.07) is 7.97. The molecule has 1 heterocycles. The largest absolute Gasteiger partial charge is 0.369 e. The second-order valence-corrected chi connectivity index (χ2v) is 4.96. The van der Waals surface area contributed by atoms with Gasteiger partial charge in [0, 0.05) is 19.5 Å². The zero-order chi connectivity index (χ0) is 13.3. The van der Waals surface area contributed by atoms with E-state index in [0.29, 0.717) is 13.0 Å². The maximum atomic E-state index is 12.3. The Kier molecular flexibility index (Phi) is 4.95. The van der Waals surface area contributed by atoms with Gasteiger partial charge in [0.2, 0.25) is 11.8 Å². The van der Waals surface area contributed by atoms with Gasteiger partial charge in [0.25, 0.3) is 0 Å². The number of carbonyl (C=O) groups is 2. The van der Waals surface area contributed by atoms with Crippen LogP contribution in [0.25, 0.3) is 0 Å². The van der Waals surface area contributed by atoms with E-state index < -0.39 is 11.8 Å². The fraction of sp³-hybridized carbons (Fsp3) is 0.429. The lowest BCUT2D eigenvalue weighted by Gasteiger charge is -2.23. The van der Waals surface area contributed by atoms with Crippen molar-refractivity contribution in [2.45, 2.75) is 19.9 Å². The molecule has 19 heavy (non-hydrogen) atoms. The molecule has 2 atom stereocenters. The fourth-order valence-electron chi connectivity index (χ4n) is 2.44. The highest BCUT2D eigenvalue weighted by Crippen LogP contribution is 2.26. The van der Waals surface area contributed by atoms with Gasteiger partial charge in [-0.1, -0.05) is 31.2 Å². The van der Waals surface area contributed by atoms with E-state index in [-0.39, 0.29) is 24.2 Å². The molecule has 1 aliphatic rings. The Hall–Kier alpha value is -1.55. The average molecular weight is 283 g/mol. The summed E-state index contributed by atoms with van der Waals surface area (Å²) in [5, 5.41) is 0. The minimum Gasteiger partial charge on any atom is -0.369 e. The predicted octanol–water partition coefficient (Wildman–Crippen LogP) is 1.36. The number of benzene rings is 1. The smallest absolute Gasteiger partial charge is 0.226 e. The number of primary amides is 1. The van der Waals surface area contributed by atoms with Crippen LogP contribution in [0.3, 0.4) is 0 Å². The van der Waals surface area contributed by atoms with Gasteiger partial charge in [-0.05, 0) is 17.5 Å². The molecule has 2 amide bonds. The van der Waals surface area contributed by atoms with Crippen LogP contribution < -0.4 is 5.73 Å². The molecule has 2 N–H and O–H groups in total. The Morgan fingerprint density at radius 3 is 2.53 bits per heavy atom. The first-order chi connectivity index (χ1) is 8.50. The normalized spacial score (nSPS) is 20.0. The number of hydrogen-bond donors (Lipinski definition) is 1. The molecule has 0 fully saturated rings. The van der Waals surface area contributed by atoms with Gasteiger partial charge in [0.05, 0.1) is 5.92 Å². The van der Waals surface area contributed by atoms with Crippen molar-refractivity contribution in [1.82, 2.24) is 4.90 Å². The standard InChI is InChI=1S/C14H18N2O2.ClH/c1-9(13(15)17)12-7-10-5-3-4-6-11(10)8-16(2)14(12)18;/h3-6,9,12H,7-8H2,1-2H3,(H2,15,17);1H/t9?,12-;/m0./s1. The van der Waals surface area contributed by atoms with Gasteiger partial charge in [-0.25, -0.2) is 0 Å². The monoisotopic (exact) mass is 282 g/mol. The molecule has 1 aromatic carbocycles. The number of rotatable bonds is 2. The zero-order valence-electron chi connectivity index (χ0n) is 11.1. The SMILES string of the molecule is CC(C(N)=O)[C@@H]1Cc2ccccc2CN(C)C1=O.Cl. The van der Waals surface area contributed by atoms with Crippen molar-refractivity contribution in [1.29, 1.82) is 0 Å². The lowest BCUT2D eigenvalue weighted by atomic mass is 9.86. The van der Waals surface area contributed by atoms with E-state index >= 15 is 0 Å². The van der Waals surface area contributed by atoms with Crippen LogP contribution in [0.4, 0.5) is 0 Å². The fourth-order valence-corrected chi connectivity index (χ4v) is 2.44. The maximum absolute atomic E-state index is 12.3. The highest BCUT2D eigenvalue weighted by Gasteiger charge is 2.33. The lowest BCUT2D eigenvalue weighted by Crippen LogP contribution is -2.39. The van der Waals surface area contributed by atoms with Gasteiger partial charge >= 0.3 is 0 Å². The molecular weight excluding hydrogens is 264 g/mol. The summed E-state index contributed by atoms with van der Waals surface area (Å²) < 4.78 is 0. The van der Waals surface area contributed by atoms with E-state index in [1.165, 1.54) is 0 Å². The highest BCUT2D eigenvalue weighted by molar-refractivity contribution is 5.87. The molecule has 104 valence electrons. The van der Waals surface area contributed by atoms with Crippen LogP contribution in [-0.4, -0.2) is 23.8 Å². The summed E-state index contributed by atoms with van der Waals surface area (Å²) in [7, 11) is 1.77. The minimum atomic E-state index is -0.439. The second-order valence-electron chi connectivity index (χ2n) is 4.96. The van der Waals surface area contributed by atoms with Crippen LogP contribution in [0.15, 0.2) is 24.3 Å². The molecule has 0 saturated carbocycles. The van der Waals surface area contributed by atoms with E-state index in [1.807, 2.05) is 24.3 Å². The van der Waals surface area contributed by atoms with E-state index in [2.05, 4.69) is 0 Å². The Labute approximate surface area is 119 Å². The Balaban J connectivity index is 0.00000180. The van der Waals surface area contributed by atoms with E-state index in [1.54, 1.807) is 18.9 Å². The third-order valence-corrected chi connectivity index (χ3v) is 3.71. The number of carbonyl (C=O) groups excluding carboxylic acids is 2. The molecule has 2 rings (SSSR count). The van der Waals surface area contributed by atoms with Crippen LogP contribution in [0, 0.1) is 11.8 Å². The first-order valence-electron chi connectivity index (χ1n) is 6.11. The maximum Gasteiger partial charge on any atom is 0.226 e. The summed E-state index contributed by atoms with van der Waals surface area (Å²) in [5.41, 5.74) is 7.61. The third kappa shape index (κ3) is 3.07. The molecule has 4 nitrogen and oxygen atoms in total. The summed E-state index contributed by atoms with van der Waals surface area (Å²) in [5.74, 6) is -1.21. The molecule has 1 aromatic rings. The first-order valence-corrected chi connectivity index (χ1v) is 6.11. The molecule has 1 unspecified atom stereocenters. The summed E-state index contributed by atoms with van der Waals surface area (Å²) in [4.78, 5) is 25.3. The van der Waals surface area contributed by atoms with Crippen molar-refractivity contribution >= 4 is 24.2 Å². The highest BCUT2D eigenvalue weighted by atomic mass is 35.5. The van der Waals surface area contributed by atoms with Gasteiger partial charge in [0.1, 0.15) is 0 Å². The summed E-state index contributed by atoms with van der Waals surface area (Å²) >= 11 is 0. The Morgan fingerprint density at radius 2 is 1.95 bits per heavy atom. The average Bonchev–Trinajstić information content (AvgIpc) is 2.47. The van der Waals surface area contributed by atoms with Crippen molar-refractivity contribution in [2.75, 3.05) is 7.05 Å². The molecule has 0 bridgehead atoms. The van der Waals surface area contributed by atoms with Gasteiger partial charge < -0.3 is 10.6 Å². The molecule has 0 aliphatic carbocycles. The number of hydrogen-bond acceptors (Lipinski definition) is 2. The van der Waals surface area contributed by atoms with Gasteiger partial charge in [-0.3, -0.25) is 9.59 Å². The van der Waals surface area contributed by atoms with Crippen LogP contribution >= 0.6 is 12.4 Å². The van der Waals surface area contributed by atoms with Gasteiger partial charge in [0.15, 0.2) is 0 Å². The third-order valence-electron chi connectivity index (χ3n) is 3.71. The van der Waals surface area contributed by atoms with Gasteiger partial charge in [-0.15, -0.1) is 12.4 Å². The molecule has 0 radical (unpaired) electrons. The van der Waals surface area contributed by atoms with Crippen LogP contribution in [-0.2, 0) is 22.6 Å². The number of fused-ring (bicyclic) bond motifs is 1. The molecule has 0 saturated heterocycles. The molecule has 5 heteroatoms. The lowest BCUT2D eigenvalue weighted by molar-refractivity contribution is -0.139. The van der Waals surface area contributed by atoms with Crippen molar-refractivity contribution in [3.8, 4) is 0 Å². The van der Waals surface area contributed by atoms with E-state index in [9.17, 15) is 9.59 Å². The Bertz CT molecular complexity index is 490. The molecule has 0 spiro atoms. The number of amides is 2. The molecule has 1 aliphatic heterocycles. The van der Waals surface area contributed by atoms with Gasteiger partial charge in [-0.2, -0.15) is 0 Å². The number of halogens is 1.